The molecule has 1 aromatic heterocycles. The highest BCUT2D eigenvalue weighted by Crippen LogP contribution is 2.78. The number of ether oxygens (including phenoxy) is 4. The van der Waals surface area contributed by atoms with Crippen LogP contribution in [0.15, 0.2) is 35.2 Å². The topological polar surface area (TPSA) is 122 Å². The van der Waals surface area contributed by atoms with Gasteiger partial charge in [0.15, 0.2) is 6.10 Å². The Kier molecular flexibility index (Phi) is 4.70. The van der Waals surface area contributed by atoms with Gasteiger partial charge in [0.1, 0.15) is 29.2 Å². The molecule has 0 N–H and O–H groups in total. The highest BCUT2D eigenvalue weighted by molar-refractivity contribution is 5.91. The van der Waals surface area contributed by atoms with E-state index in [-0.39, 0.29) is 18.1 Å². The van der Waals surface area contributed by atoms with Crippen molar-refractivity contribution in [2.75, 3.05) is 0 Å². The van der Waals surface area contributed by atoms with E-state index in [0.29, 0.717) is 12.0 Å². The van der Waals surface area contributed by atoms with Gasteiger partial charge in [-0.2, -0.15) is 0 Å². The van der Waals surface area contributed by atoms with Gasteiger partial charge in [0.05, 0.1) is 12.5 Å². The zero-order valence-electron chi connectivity index (χ0n) is 21.9. The fourth-order valence-electron chi connectivity index (χ4n) is 8.98. The number of carbonyl (C=O) groups is 4. The summed E-state index contributed by atoms with van der Waals surface area (Å²) < 4.78 is 29.4. The zero-order valence-corrected chi connectivity index (χ0v) is 21.9. The van der Waals surface area contributed by atoms with E-state index >= 15 is 0 Å². The summed E-state index contributed by atoms with van der Waals surface area (Å²) in [5.41, 5.74) is -4.33. The summed E-state index contributed by atoms with van der Waals surface area (Å²) in [6.45, 7) is 10.8. The smallest absolute Gasteiger partial charge is 0.339 e. The molecule has 1 spiro atoms. The quantitative estimate of drug-likeness (QED) is 0.333. The Morgan fingerprint density at radius 1 is 1.08 bits per heavy atom. The van der Waals surface area contributed by atoms with Crippen LogP contribution >= 0.6 is 0 Å². The summed E-state index contributed by atoms with van der Waals surface area (Å²) in [6.07, 6.45) is 4.12. The van der Waals surface area contributed by atoms with Crippen LogP contribution in [0.2, 0.25) is 0 Å². The van der Waals surface area contributed by atoms with Gasteiger partial charge in [-0.15, -0.1) is 0 Å². The Bertz CT molecular complexity index is 1250. The van der Waals surface area contributed by atoms with E-state index in [2.05, 4.69) is 0 Å². The van der Waals surface area contributed by atoms with Gasteiger partial charge in [-0.25, -0.2) is 9.59 Å². The second-order valence-electron chi connectivity index (χ2n) is 12.5. The van der Waals surface area contributed by atoms with Gasteiger partial charge in [0.2, 0.25) is 0 Å². The fourth-order valence-corrected chi connectivity index (χ4v) is 8.98. The third kappa shape index (κ3) is 2.78. The molecule has 2 saturated heterocycles. The molecular weight excluding hydrogens is 480 g/mol. The number of Topliss-reactive ketones (excluding diaryl/α,β-unsaturated/α-hetero) is 1. The lowest BCUT2D eigenvalue weighted by Gasteiger charge is -2.66. The number of hydrogen-bond acceptors (Lipinski definition) is 9. The minimum Gasteiger partial charge on any atom is -0.472 e. The first-order valence-corrected chi connectivity index (χ1v) is 12.7. The van der Waals surface area contributed by atoms with E-state index in [4.69, 9.17) is 23.4 Å². The van der Waals surface area contributed by atoms with Crippen molar-refractivity contribution in [1.82, 2.24) is 0 Å². The van der Waals surface area contributed by atoms with Crippen molar-refractivity contribution in [1.29, 1.82) is 0 Å². The van der Waals surface area contributed by atoms with Gasteiger partial charge in [-0.05, 0) is 26.3 Å². The fraction of sp³-hybridized carbons (Fsp3) is 0.643. The lowest BCUT2D eigenvalue weighted by molar-refractivity contribution is -0.247. The van der Waals surface area contributed by atoms with E-state index in [0.717, 1.165) is 0 Å². The number of cyclic esters (lactones) is 2. The normalized spacial score (nSPS) is 47.3. The first-order valence-electron chi connectivity index (χ1n) is 12.7. The van der Waals surface area contributed by atoms with Gasteiger partial charge in [0, 0.05) is 53.1 Å². The highest BCUT2D eigenvalue weighted by atomic mass is 16.7. The molecule has 1 aromatic rings. The van der Waals surface area contributed by atoms with Crippen LogP contribution in [0.3, 0.4) is 0 Å². The number of allylic oxidation sites excluding steroid dienone is 1. The number of carbonyl (C=O) groups excluding carboxylic acids is 4. The van der Waals surface area contributed by atoms with Crippen molar-refractivity contribution in [3.05, 3.63) is 36.3 Å². The van der Waals surface area contributed by atoms with E-state index in [1.54, 1.807) is 12.1 Å². The molecule has 2 aliphatic carbocycles. The molecule has 2 saturated carbocycles. The molecule has 0 bridgehead atoms. The number of rotatable bonds is 2. The van der Waals surface area contributed by atoms with Gasteiger partial charge in [0.25, 0.3) is 0 Å². The van der Waals surface area contributed by atoms with Crippen LogP contribution in [0.4, 0.5) is 0 Å². The van der Waals surface area contributed by atoms with Crippen LogP contribution in [-0.4, -0.2) is 47.1 Å². The highest BCUT2D eigenvalue weighted by Gasteiger charge is 2.90. The first-order chi connectivity index (χ1) is 17.2. The molecule has 37 heavy (non-hydrogen) atoms. The predicted molar refractivity (Wildman–Crippen MR) is 126 cm³/mol. The lowest BCUT2D eigenvalue weighted by atomic mass is 9.37. The number of hydrogen-bond donors (Lipinski definition) is 0. The van der Waals surface area contributed by atoms with Crippen molar-refractivity contribution < 1.29 is 42.5 Å². The molecule has 3 aliphatic heterocycles. The second kappa shape index (κ2) is 7.12. The SMILES string of the molecule is CC(=O)O[C@@H]1C[C@H]2C(C)(C)OC(=O)C=C[C@]2(C)[C@H]2C(=O)C[C@@]3(C)[C@H](c4ccoc4)OC(=O)[C@H]4O[C@]43[C@@]21C. The molecule has 6 rings (SSSR count). The average Bonchev–Trinajstić information content (AvgIpc) is 3.38. The van der Waals surface area contributed by atoms with Crippen molar-refractivity contribution in [2.45, 2.75) is 83.9 Å². The van der Waals surface area contributed by atoms with Crippen LogP contribution in [0.25, 0.3) is 0 Å². The van der Waals surface area contributed by atoms with Crippen molar-refractivity contribution in [3.63, 3.8) is 0 Å². The van der Waals surface area contributed by atoms with Crippen LogP contribution in [-0.2, 0) is 38.1 Å². The maximum Gasteiger partial charge on any atom is 0.339 e. The average molecular weight is 513 g/mol. The maximum absolute atomic E-state index is 14.4. The van der Waals surface area contributed by atoms with Crippen LogP contribution in [0, 0.1) is 28.1 Å². The first kappa shape index (κ1) is 24.4. The van der Waals surface area contributed by atoms with Crippen LogP contribution in [0.5, 0.6) is 0 Å². The molecule has 9 heteroatoms. The van der Waals surface area contributed by atoms with Gasteiger partial charge >= 0.3 is 17.9 Å². The third-order valence-electron chi connectivity index (χ3n) is 10.2. The molecule has 9 nitrogen and oxygen atoms in total. The minimum absolute atomic E-state index is 0.0598. The summed E-state index contributed by atoms with van der Waals surface area (Å²) in [5, 5.41) is 0. The standard InChI is InChI=1S/C28H32O9/c1-14(29)34-18-11-17-24(2,3)36-19(31)7-9-25(17,4)20-16(30)12-26(5)21(15-8-10-33-13-15)35-23(32)22-28(26,37-22)27(18,20)6/h7-10,13,17-18,20-22H,11-12H2,1-6H3/t17-,18+,20+,21-,22+,25-,26-,27+,28+/m0/s1. The number of furan rings is 1. The zero-order chi connectivity index (χ0) is 26.8. The Hall–Kier alpha value is -2.94. The Morgan fingerprint density at radius 3 is 2.46 bits per heavy atom. The summed E-state index contributed by atoms with van der Waals surface area (Å²) in [6, 6.07) is 1.72. The maximum atomic E-state index is 14.4. The van der Waals surface area contributed by atoms with Crippen molar-refractivity contribution >= 4 is 23.7 Å². The van der Waals surface area contributed by atoms with Crippen LogP contribution < -0.4 is 0 Å². The van der Waals surface area contributed by atoms with Crippen molar-refractivity contribution in [3.8, 4) is 0 Å². The Morgan fingerprint density at radius 2 is 1.81 bits per heavy atom. The lowest BCUT2D eigenvalue weighted by Crippen LogP contribution is -2.74. The molecule has 4 fully saturated rings. The number of esters is 3. The van der Waals surface area contributed by atoms with Gasteiger partial charge in [-0.3, -0.25) is 9.59 Å². The summed E-state index contributed by atoms with van der Waals surface area (Å²) >= 11 is 0. The predicted octanol–water partition coefficient (Wildman–Crippen LogP) is 3.47. The summed E-state index contributed by atoms with van der Waals surface area (Å²) in [4.78, 5) is 52.7. The summed E-state index contributed by atoms with van der Waals surface area (Å²) in [7, 11) is 0. The van der Waals surface area contributed by atoms with E-state index in [1.165, 1.54) is 25.5 Å². The van der Waals surface area contributed by atoms with Crippen molar-refractivity contribution in [2.24, 2.45) is 28.1 Å². The molecule has 5 aliphatic rings. The van der Waals surface area contributed by atoms with E-state index in [1.807, 2.05) is 34.6 Å². The number of fused-ring (bicyclic) bond motifs is 3. The molecule has 198 valence electrons. The molecule has 0 unspecified atom stereocenters. The molecule has 0 radical (unpaired) electrons. The second-order valence-corrected chi connectivity index (χ2v) is 12.5. The van der Waals surface area contributed by atoms with E-state index < -0.39 is 69.6 Å². The minimum atomic E-state index is -1.14. The molecule has 0 amide bonds. The number of epoxide rings is 1. The molecule has 4 heterocycles. The molecule has 0 aromatic carbocycles. The van der Waals surface area contributed by atoms with E-state index in [9.17, 15) is 19.2 Å². The monoisotopic (exact) mass is 512 g/mol. The number of ketones is 1. The summed E-state index contributed by atoms with van der Waals surface area (Å²) in [5.74, 6) is -2.61. The van der Waals surface area contributed by atoms with Gasteiger partial charge < -0.3 is 23.4 Å². The Balaban J connectivity index is 1.60. The van der Waals surface area contributed by atoms with Crippen LogP contribution in [0.1, 0.15) is 66.1 Å². The third-order valence-corrected chi connectivity index (χ3v) is 10.2. The van der Waals surface area contributed by atoms with Gasteiger partial charge in [-0.1, -0.05) is 26.8 Å². The molecule has 9 atom stereocenters. The molecular formula is C28H32O9. The Labute approximate surface area is 214 Å². The largest absolute Gasteiger partial charge is 0.472 e.